The van der Waals surface area contributed by atoms with Crippen molar-refractivity contribution in [1.82, 2.24) is 10.2 Å². The van der Waals surface area contributed by atoms with Crippen LogP contribution in [0.4, 0.5) is 0 Å². The second-order valence-electron chi connectivity index (χ2n) is 4.70. The number of carboxylic acids is 1. The minimum absolute atomic E-state index is 0.0194. The molecule has 0 aliphatic carbocycles. The number of likely N-dealkylation sites (tertiary alicyclic amines) is 1. The summed E-state index contributed by atoms with van der Waals surface area (Å²) < 4.78 is 0. The van der Waals surface area contributed by atoms with E-state index in [-0.39, 0.29) is 23.9 Å². The summed E-state index contributed by atoms with van der Waals surface area (Å²) in [5.41, 5.74) is 1.03. The maximum absolute atomic E-state index is 11.7. The van der Waals surface area contributed by atoms with Crippen LogP contribution in [0.2, 0.25) is 0 Å². The summed E-state index contributed by atoms with van der Waals surface area (Å²) >= 11 is 0. The third-order valence-corrected chi connectivity index (χ3v) is 3.20. The highest BCUT2D eigenvalue weighted by atomic mass is 16.4. The number of nitrogens with zero attached hydrogens (tertiary/aromatic N) is 1. The summed E-state index contributed by atoms with van der Waals surface area (Å²) in [4.78, 5) is 35.3. The lowest BCUT2D eigenvalue weighted by atomic mass is 10.1. The molecule has 0 atom stereocenters. The Morgan fingerprint density at radius 2 is 1.95 bits per heavy atom. The summed E-state index contributed by atoms with van der Waals surface area (Å²) in [7, 11) is 0. The minimum atomic E-state index is -0.979. The van der Waals surface area contributed by atoms with Crippen molar-refractivity contribution in [2.45, 2.75) is 19.4 Å². The van der Waals surface area contributed by atoms with E-state index in [0.717, 1.165) is 12.0 Å². The third-order valence-electron chi connectivity index (χ3n) is 3.20. The molecule has 0 radical (unpaired) electrons. The van der Waals surface area contributed by atoms with Crippen LogP contribution in [0.1, 0.15) is 28.8 Å². The van der Waals surface area contributed by atoms with Crippen LogP contribution in [0, 0.1) is 0 Å². The van der Waals surface area contributed by atoms with Crippen molar-refractivity contribution in [1.29, 1.82) is 0 Å². The van der Waals surface area contributed by atoms with Crippen molar-refractivity contribution in [2.75, 3.05) is 13.1 Å². The van der Waals surface area contributed by atoms with Crippen molar-refractivity contribution in [3.63, 3.8) is 0 Å². The first kappa shape index (κ1) is 14.0. The molecule has 1 fully saturated rings. The molecule has 1 saturated heterocycles. The monoisotopic (exact) mass is 276 g/mol. The van der Waals surface area contributed by atoms with E-state index < -0.39 is 5.97 Å². The lowest BCUT2D eigenvalue weighted by molar-refractivity contribution is -0.133. The zero-order valence-corrected chi connectivity index (χ0v) is 11.0. The molecule has 2 rings (SSSR count). The topological polar surface area (TPSA) is 86.7 Å². The molecule has 6 nitrogen and oxygen atoms in total. The number of nitrogens with one attached hydrogen (secondary N) is 1. The van der Waals surface area contributed by atoms with Crippen LogP contribution in [0.3, 0.4) is 0 Å². The van der Waals surface area contributed by atoms with Gasteiger partial charge in [-0.25, -0.2) is 4.79 Å². The zero-order valence-electron chi connectivity index (χ0n) is 11.0. The van der Waals surface area contributed by atoms with Gasteiger partial charge in [-0.1, -0.05) is 12.1 Å². The van der Waals surface area contributed by atoms with Crippen LogP contribution in [0.15, 0.2) is 24.3 Å². The van der Waals surface area contributed by atoms with Gasteiger partial charge in [-0.2, -0.15) is 0 Å². The van der Waals surface area contributed by atoms with Crippen LogP contribution in [-0.4, -0.2) is 40.9 Å². The fraction of sp³-hybridized carbons (Fsp3) is 0.357. The van der Waals surface area contributed by atoms with Gasteiger partial charge >= 0.3 is 5.97 Å². The Morgan fingerprint density at radius 1 is 1.25 bits per heavy atom. The van der Waals surface area contributed by atoms with Gasteiger partial charge in [0, 0.05) is 19.5 Å². The fourth-order valence-electron chi connectivity index (χ4n) is 2.07. The van der Waals surface area contributed by atoms with Gasteiger partial charge < -0.3 is 15.3 Å². The molecule has 2 amide bonds. The van der Waals surface area contributed by atoms with Crippen molar-refractivity contribution in [2.24, 2.45) is 0 Å². The predicted octanol–water partition coefficient (Wildman–Crippen LogP) is 0.623. The first-order valence-corrected chi connectivity index (χ1v) is 6.43. The molecule has 1 aromatic rings. The number of carbonyl (C=O) groups excluding carboxylic acids is 2. The maximum Gasteiger partial charge on any atom is 0.335 e. The lowest BCUT2D eigenvalue weighted by Gasteiger charge is -2.14. The van der Waals surface area contributed by atoms with E-state index in [1.807, 2.05) is 0 Å². The Bertz CT molecular complexity index is 524. The van der Waals surface area contributed by atoms with Gasteiger partial charge in [0.05, 0.1) is 12.1 Å². The molecule has 1 aromatic carbocycles. The molecule has 1 aliphatic heterocycles. The second-order valence-corrected chi connectivity index (χ2v) is 4.70. The Kier molecular flexibility index (Phi) is 4.34. The first-order valence-electron chi connectivity index (χ1n) is 6.43. The Morgan fingerprint density at radius 3 is 2.50 bits per heavy atom. The first-order chi connectivity index (χ1) is 9.56. The van der Waals surface area contributed by atoms with E-state index in [0.29, 0.717) is 19.5 Å². The van der Waals surface area contributed by atoms with Gasteiger partial charge in [0.15, 0.2) is 0 Å². The summed E-state index contributed by atoms with van der Waals surface area (Å²) in [6, 6.07) is 6.30. The molecule has 0 aromatic heterocycles. The summed E-state index contributed by atoms with van der Waals surface area (Å²) in [6.45, 7) is 1.05. The highest BCUT2D eigenvalue weighted by Gasteiger charge is 2.21. The summed E-state index contributed by atoms with van der Waals surface area (Å²) in [6.07, 6.45) is 1.33. The number of carbonyl (C=O) groups is 3. The van der Waals surface area contributed by atoms with E-state index in [4.69, 9.17) is 5.11 Å². The zero-order chi connectivity index (χ0) is 14.5. The van der Waals surface area contributed by atoms with E-state index >= 15 is 0 Å². The molecule has 106 valence electrons. The van der Waals surface area contributed by atoms with Crippen LogP contribution in [0.5, 0.6) is 0 Å². The quantitative estimate of drug-likeness (QED) is 0.825. The number of hydrogen-bond acceptors (Lipinski definition) is 3. The normalized spacial score (nSPS) is 14.4. The molecule has 1 heterocycles. The number of carboxylic acid groups (broad SMARTS) is 1. The van der Waals surface area contributed by atoms with Gasteiger partial charge in [0.1, 0.15) is 0 Å². The highest BCUT2D eigenvalue weighted by Crippen LogP contribution is 2.08. The predicted molar refractivity (Wildman–Crippen MR) is 71.1 cm³/mol. The Hall–Kier alpha value is -2.37. The SMILES string of the molecule is O=C(CN1CCCC1=O)NCc1ccc(C(=O)O)cc1. The van der Waals surface area contributed by atoms with Crippen molar-refractivity contribution in [3.8, 4) is 0 Å². The average molecular weight is 276 g/mol. The largest absolute Gasteiger partial charge is 0.478 e. The minimum Gasteiger partial charge on any atom is -0.478 e. The van der Waals surface area contributed by atoms with Gasteiger partial charge in [-0.15, -0.1) is 0 Å². The number of benzene rings is 1. The Labute approximate surface area is 116 Å². The van der Waals surface area contributed by atoms with Crippen LogP contribution >= 0.6 is 0 Å². The maximum atomic E-state index is 11.7. The fourth-order valence-corrected chi connectivity index (χ4v) is 2.07. The standard InChI is InChI=1S/C14H16N2O4/c17-12(9-16-7-1-2-13(16)18)15-8-10-3-5-11(6-4-10)14(19)20/h3-6H,1-2,7-9H2,(H,15,17)(H,19,20). The molecule has 0 saturated carbocycles. The summed E-state index contributed by atoms with van der Waals surface area (Å²) in [5, 5.41) is 11.5. The molecular weight excluding hydrogens is 260 g/mol. The molecule has 6 heteroatoms. The van der Waals surface area contributed by atoms with Crippen LogP contribution in [-0.2, 0) is 16.1 Å². The lowest BCUT2D eigenvalue weighted by Crippen LogP contribution is -2.37. The number of hydrogen-bond donors (Lipinski definition) is 2. The smallest absolute Gasteiger partial charge is 0.335 e. The van der Waals surface area contributed by atoms with Crippen LogP contribution in [0.25, 0.3) is 0 Å². The second kappa shape index (κ2) is 6.18. The van der Waals surface area contributed by atoms with Gasteiger partial charge in [-0.3, -0.25) is 9.59 Å². The molecule has 1 aliphatic rings. The number of amides is 2. The number of aromatic carboxylic acids is 1. The molecule has 2 N–H and O–H groups in total. The van der Waals surface area contributed by atoms with Gasteiger partial charge in [0.25, 0.3) is 0 Å². The number of rotatable bonds is 5. The van der Waals surface area contributed by atoms with Crippen molar-refractivity contribution >= 4 is 17.8 Å². The van der Waals surface area contributed by atoms with Crippen molar-refractivity contribution < 1.29 is 19.5 Å². The van der Waals surface area contributed by atoms with Gasteiger partial charge in [-0.05, 0) is 24.1 Å². The molecular formula is C14H16N2O4. The van der Waals surface area contributed by atoms with Crippen LogP contribution < -0.4 is 5.32 Å². The highest BCUT2D eigenvalue weighted by molar-refractivity contribution is 5.87. The van der Waals surface area contributed by atoms with Gasteiger partial charge in [0.2, 0.25) is 11.8 Å². The molecule has 0 unspecified atom stereocenters. The van der Waals surface area contributed by atoms with E-state index in [2.05, 4.69) is 5.32 Å². The van der Waals surface area contributed by atoms with E-state index in [1.54, 1.807) is 17.0 Å². The molecule has 0 bridgehead atoms. The third kappa shape index (κ3) is 3.57. The average Bonchev–Trinajstić information content (AvgIpc) is 2.82. The molecule has 0 spiro atoms. The van der Waals surface area contributed by atoms with E-state index in [9.17, 15) is 14.4 Å². The summed E-state index contributed by atoms with van der Waals surface area (Å²) in [5.74, 6) is -1.17. The van der Waals surface area contributed by atoms with E-state index in [1.165, 1.54) is 12.1 Å². The Balaban J connectivity index is 1.81. The van der Waals surface area contributed by atoms with Crippen molar-refractivity contribution in [3.05, 3.63) is 35.4 Å². The molecule has 20 heavy (non-hydrogen) atoms.